The molecule has 0 aliphatic carbocycles. The van der Waals surface area contributed by atoms with Gasteiger partial charge in [-0.25, -0.2) is 4.39 Å². The predicted molar refractivity (Wildman–Crippen MR) is 82.2 cm³/mol. The molecule has 0 aliphatic rings. The summed E-state index contributed by atoms with van der Waals surface area (Å²) in [5.74, 6) is -0.373. The monoisotopic (exact) mass is 336 g/mol. The van der Waals surface area contributed by atoms with Crippen molar-refractivity contribution >= 4 is 33.2 Å². The highest BCUT2D eigenvalue weighted by Gasteiger charge is 2.01. The number of carbonyl (C=O) groups is 1. The van der Waals surface area contributed by atoms with Crippen LogP contribution in [0, 0.1) is 5.82 Å². The summed E-state index contributed by atoms with van der Waals surface area (Å²) in [5, 5.41) is 5.92. The first-order valence-electron chi connectivity index (χ1n) is 6.10. The Kier molecular flexibility index (Phi) is 4.74. The quantitative estimate of drug-likeness (QED) is 0.880. The molecule has 0 aliphatic heterocycles. The van der Waals surface area contributed by atoms with Crippen LogP contribution in [0.5, 0.6) is 0 Å². The van der Waals surface area contributed by atoms with Crippen LogP contribution in [0.2, 0.25) is 0 Å². The lowest BCUT2D eigenvalue weighted by Crippen LogP contribution is -2.06. The van der Waals surface area contributed by atoms with Crippen LogP contribution in [-0.4, -0.2) is 5.91 Å². The Labute approximate surface area is 125 Å². The molecule has 5 heteroatoms. The maximum absolute atomic E-state index is 13.1. The molecule has 104 valence electrons. The molecule has 0 radical (unpaired) electrons. The molecule has 2 aromatic rings. The lowest BCUT2D eigenvalue weighted by molar-refractivity contribution is -0.114. The zero-order valence-electron chi connectivity index (χ0n) is 10.9. The molecule has 3 nitrogen and oxygen atoms in total. The maximum Gasteiger partial charge on any atom is 0.221 e. The minimum absolute atomic E-state index is 0.0907. The molecular formula is C15H14BrFN2O. The van der Waals surface area contributed by atoms with E-state index in [-0.39, 0.29) is 11.7 Å². The Balaban J connectivity index is 1.96. The van der Waals surface area contributed by atoms with Crippen LogP contribution in [0.15, 0.2) is 46.9 Å². The van der Waals surface area contributed by atoms with Gasteiger partial charge in [0.25, 0.3) is 0 Å². The van der Waals surface area contributed by atoms with Gasteiger partial charge in [-0.05, 0) is 51.8 Å². The summed E-state index contributed by atoms with van der Waals surface area (Å²) >= 11 is 3.15. The van der Waals surface area contributed by atoms with Gasteiger partial charge in [-0.15, -0.1) is 0 Å². The Morgan fingerprint density at radius 2 is 1.80 bits per heavy atom. The summed E-state index contributed by atoms with van der Waals surface area (Å²) in [4.78, 5) is 10.9. The highest BCUT2D eigenvalue weighted by Crippen LogP contribution is 2.20. The Morgan fingerprint density at radius 1 is 1.15 bits per heavy atom. The number of hydrogen-bond donors (Lipinski definition) is 2. The molecule has 0 bridgehead atoms. The van der Waals surface area contributed by atoms with Crippen molar-refractivity contribution in [1.82, 2.24) is 0 Å². The summed E-state index contributed by atoms with van der Waals surface area (Å²) in [6, 6.07) is 12.3. The van der Waals surface area contributed by atoms with E-state index >= 15 is 0 Å². The number of benzene rings is 2. The average Bonchev–Trinajstić information content (AvgIpc) is 2.41. The van der Waals surface area contributed by atoms with Gasteiger partial charge in [-0.1, -0.05) is 12.1 Å². The van der Waals surface area contributed by atoms with Crippen molar-refractivity contribution in [1.29, 1.82) is 0 Å². The van der Waals surface area contributed by atoms with Gasteiger partial charge in [-0.3, -0.25) is 4.79 Å². The van der Waals surface area contributed by atoms with Gasteiger partial charge in [0.1, 0.15) is 5.82 Å². The van der Waals surface area contributed by atoms with Crippen molar-refractivity contribution in [2.75, 3.05) is 10.6 Å². The number of rotatable bonds is 4. The molecule has 20 heavy (non-hydrogen) atoms. The number of amides is 1. The van der Waals surface area contributed by atoms with Crippen molar-refractivity contribution in [2.45, 2.75) is 13.5 Å². The van der Waals surface area contributed by atoms with Gasteiger partial charge in [0.05, 0.1) is 4.47 Å². The fraction of sp³-hybridized carbons (Fsp3) is 0.133. The molecule has 0 saturated carbocycles. The van der Waals surface area contributed by atoms with Gasteiger partial charge in [0.2, 0.25) is 5.91 Å². The summed E-state index contributed by atoms with van der Waals surface area (Å²) < 4.78 is 13.5. The van der Waals surface area contributed by atoms with Crippen LogP contribution in [0.25, 0.3) is 0 Å². The van der Waals surface area contributed by atoms with Crippen LogP contribution in [0.1, 0.15) is 12.5 Å². The van der Waals surface area contributed by atoms with Crippen molar-refractivity contribution in [3.8, 4) is 0 Å². The number of hydrogen-bond acceptors (Lipinski definition) is 2. The highest BCUT2D eigenvalue weighted by atomic mass is 79.9. The van der Waals surface area contributed by atoms with Crippen LogP contribution in [-0.2, 0) is 11.3 Å². The van der Waals surface area contributed by atoms with E-state index in [0.29, 0.717) is 11.0 Å². The van der Waals surface area contributed by atoms with Gasteiger partial charge < -0.3 is 10.6 Å². The van der Waals surface area contributed by atoms with Crippen molar-refractivity contribution in [2.24, 2.45) is 0 Å². The third kappa shape index (κ3) is 4.06. The molecule has 2 aromatic carbocycles. The molecular weight excluding hydrogens is 323 g/mol. The highest BCUT2D eigenvalue weighted by molar-refractivity contribution is 9.10. The fourth-order valence-electron chi connectivity index (χ4n) is 1.72. The smallest absolute Gasteiger partial charge is 0.221 e. The van der Waals surface area contributed by atoms with E-state index in [4.69, 9.17) is 0 Å². The minimum atomic E-state index is -0.282. The third-order valence-electron chi connectivity index (χ3n) is 2.69. The summed E-state index contributed by atoms with van der Waals surface area (Å²) in [6.45, 7) is 2.10. The van der Waals surface area contributed by atoms with Gasteiger partial charge >= 0.3 is 0 Å². The number of halogens is 2. The Morgan fingerprint density at radius 3 is 2.40 bits per heavy atom. The first-order chi connectivity index (χ1) is 9.54. The van der Waals surface area contributed by atoms with E-state index in [0.717, 1.165) is 16.9 Å². The molecule has 0 atom stereocenters. The van der Waals surface area contributed by atoms with E-state index < -0.39 is 0 Å². The Bertz CT molecular complexity index is 614. The average molecular weight is 337 g/mol. The second kappa shape index (κ2) is 6.52. The fourth-order valence-corrected chi connectivity index (χ4v) is 2.10. The SMILES string of the molecule is CC(=O)Nc1ccc(CNc2ccc(F)c(Br)c2)cc1. The van der Waals surface area contributed by atoms with Gasteiger partial charge in [0.15, 0.2) is 0 Å². The first kappa shape index (κ1) is 14.5. The van der Waals surface area contributed by atoms with Crippen LogP contribution in [0.4, 0.5) is 15.8 Å². The molecule has 0 unspecified atom stereocenters. The lowest BCUT2D eigenvalue weighted by atomic mass is 10.2. The zero-order valence-corrected chi connectivity index (χ0v) is 12.5. The molecule has 0 aromatic heterocycles. The van der Waals surface area contributed by atoms with Crippen molar-refractivity contribution < 1.29 is 9.18 Å². The van der Waals surface area contributed by atoms with E-state index in [2.05, 4.69) is 26.6 Å². The molecule has 2 rings (SSSR count). The molecule has 2 N–H and O–H groups in total. The van der Waals surface area contributed by atoms with Crippen molar-refractivity contribution in [3.63, 3.8) is 0 Å². The van der Waals surface area contributed by atoms with E-state index in [9.17, 15) is 9.18 Å². The van der Waals surface area contributed by atoms with Crippen LogP contribution < -0.4 is 10.6 Å². The number of nitrogens with one attached hydrogen (secondary N) is 2. The maximum atomic E-state index is 13.1. The topological polar surface area (TPSA) is 41.1 Å². The predicted octanol–water partition coefficient (Wildman–Crippen LogP) is 4.16. The van der Waals surface area contributed by atoms with E-state index in [1.54, 1.807) is 12.1 Å². The normalized spacial score (nSPS) is 10.2. The second-order valence-electron chi connectivity index (χ2n) is 4.36. The molecule has 0 heterocycles. The molecule has 0 spiro atoms. The summed E-state index contributed by atoms with van der Waals surface area (Å²) in [5.41, 5.74) is 2.68. The molecule has 0 fully saturated rings. The molecule has 1 amide bonds. The van der Waals surface area contributed by atoms with Crippen LogP contribution >= 0.6 is 15.9 Å². The third-order valence-corrected chi connectivity index (χ3v) is 3.30. The number of anilines is 2. The zero-order chi connectivity index (χ0) is 14.5. The first-order valence-corrected chi connectivity index (χ1v) is 6.89. The van der Waals surface area contributed by atoms with Gasteiger partial charge in [-0.2, -0.15) is 0 Å². The van der Waals surface area contributed by atoms with E-state index in [1.807, 2.05) is 24.3 Å². The summed E-state index contributed by atoms with van der Waals surface area (Å²) in [6.07, 6.45) is 0. The summed E-state index contributed by atoms with van der Waals surface area (Å²) in [7, 11) is 0. The standard InChI is InChI=1S/C15H14BrFN2O/c1-10(20)19-12-4-2-11(3-5-12)9-18-13-6-7-15(17)14(16)8-13/h2-8,18H,9H2,1H3,(H,19,20). The molecule has 0 saturated heterocycles. The minimum Gasteiger partial charge on any atom is -0.381 e. The second-order valence-corrected chi connectivity index (χ2v) is 5.21. The number of carbonyl (C=O) groups excluding carboxylic acids is 1. The lowest BCUT2D eigenvalue weighted by Gasteiger charge is -2.08. The van der Waals surface area contributed by atoms with Crippen molar-refractivity contribution in [3.05, 3.63) is 58.3 Å². The van der Waals surface area contributed by atoms with E-state index in [1.165, 1.54) is 13.0 Å². The van der Waals surface area contributed by atoms with Crippen LogP contribution in [0.3, 0.4) is 0 Å². The largest absolute Gasteiger partial charge is 0.381 e. The Hall–Kier alpha value is -1.88. The van der Waals surface area contributed by atoms with Gasteiger partial charge in [0, 0.05) is 24.8 Å².